The van der Waals surface area contributed by atoms with Crippen LogP contribution < -0.4 is 14.8 Å². The molecule has 0 fully saturated rings. The van der Waals surface area contributed by atoms with Gasteiger partial charge in [-0.1, -0.05) is 54.2 Å². The predicted molar refractivity (Wildman–Crippen MR) is 107 cm³/mol. The number of ether oxygens (including phenoxy) is 2. The molecule has 0 spiro atoms. The van der Waals surface area contributed by atoms with Gasteiger partial charge in [0.25, 0.3) is 0 Å². The van der Waals surface area contributed by atoms with Crippen molar-refractivity contribution in [3.05, 3.63) is 54.6 Å². The number of benzene rings is 2. The molecule has 144 valence electrons. The Kier molecular flexibility index (Phi) is 5.48. The Morgan fingerprint density at radius 1 is 1.14 bits per heavy atom. The van der Waals surface area contributed by atoms with Gasteiger partial charge in [0, 0.05) is 12.6 Å². The monoisotopic (exact) mass is 396 g/mol. The van der Waals surface area contributed by atoms with Gasteiger partial charge in [0.15, 0.2) is 22.5 Å². The molecule has 1 aliphatic rings. The van der Waals surface area contributed by atoms with Crippen LogP contribution in [0, 0.1) is 0 Å². The van der Waals surface area contributed by atoms with Crippen LogP contribution in [-0.4, -0.2) is 45.7 Å². The highest BCUT2D eigenvalue weighted by molar-refractivity contribution is 7.99. The van der Waals surface area contributed by atoms with Gasteiger partial charge in [-0.2, -0.15) is 0 Å². The van der Waals surface area contributed by atoms with Gasteiger partial charge in [0.2, 0.25) is 5.91 Å². The number of amides is 1. The van der Waals surface area contributed by atoms with Crippen molar-refractivity contribution in [2.75, 3.05) is 18.9 Å². The van der Waals surface area contributed by atoms with E-state index in [1.807, 2.05) is 66.2 Å². The lowest BCUT2D eigenvalue weighted by atomic mass is 10.2. The summed E-state index contributed by atoms with van der Waals surface area (Å²) in [5.74, 6) is 2.38. The van der Waals surface area contributed by atoms with Gasteiger partial charge in [-0.25, -0.2) is 0 Å². The fourth-order valence-electron chi connectivity index (χ4n) is 2.85. The first-order valence-corrected chi connectivity index (χ1v) is 9.92. The Bertz CT molecular complexity index is 961. The van der Waals surface area contributed by atoms with E-state index in [0.29, 0.717) is 24.1 Å². The third-order valence-corrected chi connectivity index (χ3v) is 5.31. The smallest absolute Gasteiger partial charge is 0.230 e. The number of nitrogens with zero attached hydrogens (tertiary/aromatic N) is 3. The number of aromatic nitrogens is 3. The molecule has 4 rings (SSSR count). The minimum absolute atomic E-state index is 0.0864. The second-order valence-corrected chi connectivity index (χ2v) is 7.26. The molecule has 2 heterocycles. The molecule has 0 bridgehead atoms. The number of fused-ring (bicyclic) bond motifs is 1. The molecule has 1 unspecified atom stereocenters. The largest absolute Gasteiger partial charge is 0.486 e. The third kappa shape index (κ3) is 4.12. The molecule has 0 saturated heterocycles. The van der Waals surface area contributed by atoms with Gasteiger partial charge in [0.05, 0.1) is 12.3 Å². The van der Waals surface area contributed by atoms with E-state index in [4.69, 9.17) is 9.47 Å². The molecule has 1 N–H and O–H groups in total. The lowest BCUT2D eigenvalue weighted by molar-refractivity contribution is -0.119. The van der Waals surface area contributed by atoms with Crippen LogP contribution >= 0.6 is 11.8 Å². The van der Waals surface area contributed by atoms with Crippen LogP contribution in [0.25, 0.3) is 11.4 Å². The van der Waals surface area contributed by atoms with Crippen LogP contribution in [0.5, 0.6) is 11.5 Å². The number of hydrogen-bond donors (Lipinski definition) is 1. The molecule has 0 saturated carbocycles. The molecule has 2 aromatic carbocycles. The van der Waals surface area contributed by atoms with Crippen molar-refractivity contribution >= 4 is 17.7 Å². The van der Waals surface area contributed by atoms with Gasteiger partial charge in [0.1, 0.15) is 12.7 Å². The zero-order chi connectivity index (χ0) is 19.3. The standard InChI is InChI=1S/C20H20N4O3S/c1-24-19(14-7-3-2-4-8-14)22-23-20(24)28-13-18(25)21-11-15-12-26-16-9-5-6-10-17(16)27-15/h2-10,15H,11-13H2,1H3,(H,21,25). The van der Waals surface area contributed by atoms with Gasteiger partial charge >= 0.3 is 0 Å². The second-order valence-electron chi connectivity index (χ2n) is 6.32. The zero-order valence-corrected chi connectivity index (χ0v) is 16.2. The van der Waals surface area contributed by atoms with Crippen LogP contribution in [0.2, 0.25) is 0 Å². The van der Waals surface area contributed by atoms with Crippen LogP contribution in [0.3, 0.4) is 0 Å². The van der Waals surface area contributed by atoms with E-state index in [9.17, 15) is 4.79 Å². The number of carbonyl (C=O) groups excluding carboxylic acids is 1. The number of thioether (sulfide) groups is 1. The summed E-state index contributed by atoms with van der Waals surface area (Å²) >= 11 is 1.35. The van der Waals surface area contributed by atoms with Crippen molar-refractivity contribution in [3.63, 3.8) is 0 Å². The summed E-state index contributed by atoms with van der Waals surface area (Å²) in [5.41, 5.74) is 0.989. The van der Waals surface area contributed by atoms with Gasteiger partial charge in [-0.05, 0) is 12.1 Å². The highest BCUT2D eigenvalue weighted by Crippen LogP contribution is 2.30. The highest BCUT2D eigenvalue weighted by atomic mass is 32.2. The Labute approximate surface area is 167 Å². The van der Waals surface area contributed by atoms with Gasteiger partial charge in [-0.15, -0.1) is 10.2 Å². The Morgan fingerprint density at radius 3 is 2.71 bits per heavy atom. The van der Waals surface area contributed by atoms with E-state index in [1.165, 1.54) is 11.8 Å². The SMILES string of the molecule is Cn1c(SCC(=O)NCC2COc3ccccc3O2)nnc1-c1ccccc1. The number of rotatable bonds is 6. The quantitative estimate of drug-likeness (QED) is 0.645. The van der Waals surface area contributed by atoms with Crippen LogP contribution in [0.4, 0.5) is 0 Å². The van der Waals surface area contributed by atoms with E-state index < -0.39 is 0 Å². The first-order valence-electron chi connectivity index (χ1n) is 8.93. The number of carbonyl (C=O) groups is 1. The molecule has 1 aliphatic heterocycles. The average Bonchev–Trinajstić information content (AvgIpc) is 3.11. The maximum atomic E-state index is 12.2. The summed E-state index contributed by atoms with van der Waals surface area (Å²) < 4.78 is 13.4. The summed E-state index contributed by atoms with van der Waals surface area (Å²) in [6, 6.07) is 17.4. The molecule has 1 amide bonds. The minimum atomic E-state index is -0.205. The average molecular weight is 396 g/mol. The normalized spacial score (nSPS) is 15.2. The Balaban J connectivity index is 1.27. The lowest BCUT2D eigenvalue weighted by Crippen LogP contribution is -2.41. The number of nitrogens with one attached hydrogen (secondary N) is 1. The van der Waals surface area contributed by atoms with Crippen molar-refractivity contribution in [1.82, 2.24) is 20.1 Å². The van der Waals surface area contributed by atoms with Crippen LogP contribution in [0.15, 0.2) is 59.8 Å². The fraction of sp³-hybridized carbons (Fsp3) is 0.250. The summed E-state index contributed by atoms with van der Waals surface area (Å²) in [7, 11) is 1.90. The van der Waals surface area contributed by atoms with Crippen LogP contribution in [0.1, 0.15) is 0 Å². The highest BCUT2D eigenvalue weighted by Gasteiger charge is 2.21. The van der Waals surface area contributed by atoms with Crippen molar-refractivity contribution in [1.29, 1.82) is 0 Å². The topological polar surface area (TPSA) is 78.3 Å². The molecule has 1 aromatic heterocycles. The van der Waals surface area contributed by atoms with E-state index in [0.717, 1.165) is 17.1 Å². The van der Waals surface area contributed by atoms with E-state index in [-0.39, 0.29) is 17.8 Å². The van der Waals surface area contributed by atoms with E-state index in [1.54, 1.807) is 0 Å². The Hall–Kier alpha value is -3.00. The van der Waals surface area contributed by atoms with Crippen LogP contribution in [-0.2, 0) is 11.8 Å². The van der Waals surface area contributed by atoms with Crippen molar-refractivity contribution in [3.8, 4) is 22.9 Å². The molecule has 1 atom stereocenters. The molecule has 0 radical (unpaired) electrons. The molecule has 0 aliphatic carbocycles. The third-order valence-electron chi connectivity index (χ3n) is 4.29. The first-order chi connectivity index (χ1) is 13.7. The molecular weight excluding hydrogens is 376 g/mol. The summed E-state index contributed by atoms with van der Waals surface area (Å²) in [6.45, 7) is 0.802. The summed E-state index contributed by atoms with van der Waals surface area (Å²) in [6.07, 6.45) is -0.205. The molecule has 8 heteroatoms. The van der Waals surface area contributed by atoms with Crippen molar-refractivity contribution in [2.45, 2.75) is 11.3 Å². The predicted octanol–water partition coefficient (Wildman–Crippen LogP) is 2.53. The van der Waals surface area contributed by atoms with Gasteiger partial charge in [-0.3, -0.25) is 4.79 Å². The summed E-state index contributed by atoms with van der Waals surface area (Å²) in [5, 5.41) is 12.0. The number of para-hydroxylation sites is 2. The fourth-order valence-corrected chi connectivity index (χ4v) is 3.59. The summed E-state index contributed by atoms with van der Waals surface area (Å²) in [4.78, 5) is 12.2. The molecule has 3 aromatic rings. The van der Waals surface area contributed by atoms with Crippen molar-refractivity contribution in [2.24, 2.45) is 7.05 Å². The second kappa shape index (κ2) is 8.35. The minimum Gasteiger partial charge on any atom is -0.486 e. The lowest BCUT2D eigenvalue weighted by Gasteiger charge is -2.26. The zero-order valence-electron chi connectivity index (χ0n) is 15.4. The Morgan fingerprint density at radius 2 is 1.89 bits per heavy atom. The maximum Gasteiger partial charge on any atom is 0.230 e. The van der Waals surface area contributed by atoms with Crippen molar-refractivity contribution < 1.29 is 14.3 Å². The molecular formula is C20H20N4O3S. The molecule has 28 heavy (non-hydrogen) atoms. The molecule has 7 nitrogen and oxygen atoms in total. The number of hydrogen-bond acceptors (Lipinski definition) is 6. The first kappa shape index (κ1) is 18.4. The van der Waals surface area contributed by atoms with E-state index >= 15 is 0 Å². The maximum absolute atomic E-state index is 12.2. The van der Waals surface area contributed by atoms with Gasteiger partial charge < -0.3 is 19.4 Å². The van der Waals surface area contributed by atoms with E-state index in [2.05, 4.69) is 15.5 Å².